The first-order valence-electron chi connectivity index (χ1n) is 5.34. The van der Waals surface area contributed by atoms with Crippen molar-refractivity contribution >= 4 is 0 Å². The van der Waals surface area contributed by atoms with Crippen molar-refractivity contribution in [1.82, 2.24) is 10.1 Å². The Balaban J connectivity index is 2.06. The van der Waals surface area contributed by atoms with E-state index in [0.29, 0.717) is 18.1 Å². The molecule has 5 nitrogen and oxygen atoms in total. The summed E-state index contributed by atoms with van der Waals surface area (Å²) in [5, 5.41) is 13.4. The zero-order valence-corrected chi connectivity index (χ0v) is 9.54. The van der Waals surface area contributed by atoms with Gasteiger partial charge in [0.05, 0.1) is 19.1 Å². The SMILES string of the molecule is COCC(O)Cc1nc(-c2ccccc2)no1. The van der Waals surface area contributed by atoms with Gasteiger partial charge < -0.3 is 14.4 Å². The highest BCUT2D eigenvalue weighted by molar-refractivity contribution is 5.53. The molecular weight excluding hydrogens is 220 g/mol. The molecule has 0 aliphatic carbocycles. The van der Waals surface area contributed by atoms with Crippen LogP contribution in [0.1, 0.15) is 5.89 Å². The molecule has 1 unspecified atom stereocenters. The van der Waals surface area contributed by atoms with Crippen LogP contribution in [0.25, 0.3) is 11.4 Å². The molecule has 17 heavy (non-hydrogen) atoms. The van der Waals surface area contributed by atoms with Crippen molar-refractivity contribution in [2.45, 2.75) is 12.5 Å². The van der Waals surface area contributed by atoms with Crippen molar-refractivity contribution in [2.75, 3.05) is 13.7 Å². The van der Waals surface area contributed by atoms with Gasteiger partial charge >= 0.3 is 0 Å². The van der Waals surface area contributed by atoms with Gasteiger partial charge in [-0.25, -0.2) is 0 Å². The predicted molar refractivity (Wildman–Crippen MR) is 61.3 cm³/mol. The second-order valence-corrected chi connectivity index (χ2v) is 3.69. The van der Waals surface area contributed by atoms with E-state index in [0.717, 1.165) is 5.56 Å². The van der Waals surface area contributed by atoms with E-state index in [2.05, 4.69) is 10.1 Å². The minimum Gasteiger partial charge on any atom is -0.390 e. The summed E-state index contributed by atoms with van der Waals surface area (Å²) in [6.45, 7) is 0.253. The molecule has 0 spiro atoms. The van der Waals surface area contributed by atoms with Crippen LogP contribution in [0.4, 0.5) is 0 Å². The quantitative estimate of drug-likeness (QED) is 0.844. The number of nitrogens with zero attached hydrogens (tertiary/aromatic N) is 2. The lowest BCUT2D eigenvalue weighted by molar-refractivity contribution is 0.0599. The zero-order valence-electron chi connectivity index (χ0n) is 9.54. The Morgan fingerprint density at radius 1 is 1.35 bits per heavy atom. The van der Waals surface area contributed by atoms with Crippen LogP contribution in [0.15, 0.2) is 34.9 Å². The van der Waals surface area contributed by atoms with Gasteiger partial charge in [-0.3, -0.25) is 0 Å². The van der Waals surface area contributed by atoms with E-state index in [-0.39, 0.29) is 6.61 Å². The van der Waals surface area contributed by atoms with E-state index in [1.807, 2.05) is 30.3 Å². The maximum absolute atomic E-state index is 9.53. The fourth-order valence-electron chi connectivity index (χ4n) is 1.50. The summed E-state index contributed by atoms with van der Waals surface area (Å²) in [5.41, 5.74) is 0.892. The number of ether oxygens (including phenoxy) is 1. The highest BCUT2D eigenvalue weighted by Gasteiger charge is 2.12. The van der Waals surface area contributed by atoms with Crippen LogP contribution < -0.4 is 0 Å². The normalized spacial score (nSPS) is 12.6. The Labute approximate surface area is 99.0 Å². The van der Waals surface area contributed by atoms with Gasteiger partial charge in [-0.05, 0) is 0 Å². The van der Waals surface area contributed by atoms with Gasteiger partial charge in [0.2, 0.25) is 11.7 Å². The number of benzene rings is 1. The molecule has 0 aliphatic heterocycles. The minimum atomic E-state index is -0.621. The third-order valence-corrected chi connectivity index (χ3v) is 2.27. The first kappa shape index (κ1) is 11.8. The molecule has 90 valence electrons. The molecule has 1 N–H and O–H groups in total. The number of rotatable bonds is 5. The molecule has 0 aliphatic rings. The van der Waals surface area contributed by atoms with Crippen molar-refractivity contribution < 1.29 is 14.4 Å². The van der Waals surface area contributed by atoms with Crippen molar-refractivity contribution in [1.29, 1.82) is 0 Å². The van der Waals surface area contributed by atoms with Crippen LogP contribution in [0.3, 0.4) is 0 Å². The summed E-state index contributed by atoms with van der Waals surface area (Å²) in [7, 11) is 1.53. The summed E-state index contributed by atoms with van der Waals surface area (Å²) in [4.78, 5) is 4.21. The molecule has 2 aromatic rings. The maximum atomic E-state index is 9.53. The topological polar surface area (TPSA) is 68.4 Å². The summed E-state index contributed by atoms with van der Waals surface area (Å²) in [6.07, 6.45) is -0.322. The molecule has 0 radical (unpaired) electrons. The second-order valence-electron chi connectivity index (χ2n) is 3.69. The summed E-state index contributed by atoms with van der Waals surface area (Å²) >= 11 is 0. The zero-order chi connectivity index (χ0) is 12.1. The van der Waals surface area contributed by atoms with Gasteiger partial charge in [-0.15, -0.1) is 0 Å². The Morgan fingerprint density at radius 2 is 2.12 bits per heavy atom. The van der Waals surface area contributed by atoms with Crippen LogP contribution in [-0.2, 0) is 11.2 Å². The summed E-state index contributed by atoms with van der Waals surface area (Å²) < 4.78 is 9.89. The third-order valence-electron chi connectivity index (χ3n) is 2.27. The molecule has 1 aromatic heterocycles. The molecule has 0 amide bonds. The fourth-order valence-corrected chi connectivity index (χ4v) is 1.50. The van der Waals surface area contributed by atoms with Gasteiger partial charge in [-0.2, -0.15) is 4.98 Å². The Hall–Kier alpha value is -1.72. The number of hydrogen-bond acceptors (Lipinski definition) is 5. The minimum absolute atomic E-state index is 0.253. The van der Waals surface area contributed by atoms with E-state index in [1.54, 1.807) is 0 Å². The number of hydrogen-bond donors (Lipinski definition) is 1. The largest absolute Gasteiger partial charge is 0.390 e. The smallest absolute Gasteiger partial charge is 0.229 e. The number of methoxy groups -OCH3 is 1. The molecule has 1 atom stereocenters. The number of aliphatic hydroxyl groups excluding tert-OH is 1. The Bertz CT molecular complexity index is 456. The fraction of sp³-hybridized carbons (Fsp3) is 0.333. The summed E-state index contributed by atoms with van der Waals surface area (Å²) in [5.74, 6) is 0.943. The average molecular weight is 234 g/mol. The van der Waals surface area contributed by atoms with Crippen molar-refractivity contribution in [3.8, 4) is 11.4 Å². The van der Waals surface area contributed by atoms with E-state index in [4.69, 9.17) is 9.26 Å². The first-order chi connectivity index (χ1) is 8.29. The second kappa shape index (κ2) is 5.56. The number of aliphatic hydroxyl groups is 1. The van der Waals surface area contributed by atoms with Gasteiger partial charge in [-0.1, -0.05) is 35.5 Å². The highest BCUT2D eigenvalue weighted by atomic mass is 16.5. The van der Waals surface area contributed by atoms with Crippen LogP contribution in [0, 0.1) is 0 Å². The van der Waals surface area contributed by atoms with Gasteiger partial charge in [0.25, 0.3) is 0 Å². The average Bonchev–Trinajstić information content (AvgIpc) is 2.79. The molecule has 1 aromatic carbocycles. The lowest BCUT2D eigenvalue weighted by Crippen LogP contribution is -2.17. The van der Waals surface area contributed by atoms with E-state index >= 15 is 0 Å². The molecule has 2 rings (SSSR count). The van der Waals surface area contributed by atoms with Gasteiger partial charge in [0.15, 0.2) is 0 Å². The van der Waals surface area contributed by atoms with Crippen molar-refractivity contribution in [3.05, 3.63) is 36.2 Å². The van der Waals surface area contributed by atoms with Gasteiger partial charge in [0.1, 0.15) is 0 Å². The van der Waals surface area contributed by atoms with E-state index < -0.39 is 6.10 Å². The lowest BCUT2D eigenvalue weighted by Gasteiger charge is -2.04. The summed E-state index contributed by atoms with van der Waals surface area (Å²) in [6, 6.07) is 9.55. The van der Waals surface area contributed by atoms with Crippen LogP contribution in [0.5, 0.6) is 0 Å². The number of aromatic nitrogens is 2. The highest BCUT2D eigenvalue weighted by Crippen LogP contribution is 2.15. The molecule has 0 bridgehead atoms. The Morgan fingerprint density at radius 3 is 2.82 bits per heavy atom. The van der Waals surface area contributed by atoms with Crippen molar-refractivity contribution in [2.24, 2.45) is 0 Å². The molecule has 1 heterocycles. The maximum Gasteiger partial charge on any atom is 0.229 e. The lowest BCUT2D eigenvalue weighted by atomic mass is 10.2. The molecule has 0 saturated carbocycles. The van der Waals surface area contributed by atoms with Crippen LogP contribution in [-0.4, -0.2) is 35.1 Å². The third kappa shape index (κ3) is 3.12. The van der Waals surface area contributed by atoms with E-state index in [9.17, 15) is 5.11 Å². The predicted octanol–water partition coefficient (Wildman–Crippen LogP) is 1.29. The standard InChI is InChI=1S/C12H14N2O3/c1-16-8-10(15)7-11-13-12(14-17-11)9-5-3-2-4-6-9/h2-6,10,15H,7-8H2,1H3. The van der Waals surface area contributed by atoms with E-state index in [1.165, 1.54) is 7.11 Å². The Kier molecular flexibility index (Phi) is 3.85. The van der Waals surface area contributed by atoms with Crippen LogP contribution >= 0.6 is 0 Å². The van der Waals surface area contributed by atoms with Crippen LogP contribution in [0.2, 0.25) is 0 Å². The van der Waals surface area contributed by atoms with Gasteiger partial charge in [0, 0.05) is 12.7 Å². The molecule has 0 saturated heterocycles. The van der Waals surface area contributed by atoms with Crippen molar-refractivity contribution in [3.63, 3.8) is 0 Å². The molecule has 5 heteroatoms. The molecular formula is C12H14N2O3. The molecule has 0 fully saturated rings. The monoisotopic (exact) mass is 234 g/mol. The first-order valence-corrected chi connectivity index (χ1v) is 5.34.